The van der Waals surface area contributed by atoms with Gasteiger partial charge in [-0.25, -0.2) is 17.1 Å². The molecule has 2 rings (SSSR count). The molecule has 0 saturated carbocycles. The van der Waals surface area contributed by atoms with Crippen LogP contribution in [-0.4, -0.2) is 44.8 Å². The van der Waals surface area contributed by atoms with Gasteiger partial charge < -0.3 is 11.1 Å². The second-order valence-corrected chi connectivity index (χ2v) is 8.16. The van der Waals surface area contributed by atoms with Crippen LogP contribution in [-0.2, 0) is 20.6 Å². The van der Waals surface area contributed by atoms with E-state index in [1.165, 1.54) is 16.4 Å². The van der Waals surface area contributed by atoms with Gasteiger partial charge in [0.2, 0.25) is 15.9 Å². The molecule has 10 heteroatoms. The number of nitrogens with one attached hydrogen (secondary N) is 1. The molecule has 0 bridgehead atoms. The Bertz CT molecular complexity index is 703. The lowest BCUT2D eigenvalue weighted by atomic mass is 9.99. The molecular formula is C15H22Cl2FN3O3S. The lowest BCUT2D eigenvalue weighted by Gasteiger charge is -2.31. The van der Waals surface area contributed by atoms with E-state index in [0.29, 0.717) is 38.0 Å². The van der Waals surface area contributed by atoms with E-state index in [9.17, 15) is 17.6 Å². The van der Waals surface area contributed by atoms with E-state index in [1.807, 2.05) is 0 Å². The second kappa shape index (κ2) is 9.68. The van der Waals surface area contributed by atoms with Gasteiger partial charge in [0.05, 0.1) is 16.7 Å². The van der Waals surface area contributed by atoms with Crippen LogP contribution >= 0.6 is 24.0 Å². The zero-order valence-electron chi connectivity index (χ0n) is 13.6. The van der Waals surface area contributed by atoms with Crippen molar-refractivity contribution in [3.05, 3.63) is 34.6 Å². The Morgan fingerprint density at radius 1 is 1.44 bits per heavy atom. The minimum absolute atomic E-state index is 0. The van der Waals surface area contributed by atoms with Gasteiger partial charge in [-0.05, 0) is 30.5 Å². The summed E-state index contributed by atoms with van der Waals surface area (Å²) >= 11 is 5.70. The summed E-state index contributed by atoms with van der Waals surface area (Å²) in [4.78, 5) is 12.0. The average molecular weight is 414 g/mol. The van der Waals surface area contributed by atoms with Crippen LogP contribution in [0.1, 0.15) is 18.4 Å². The SMILES string of the molecule is Cl.NCCNC(=O)C1CCCN(S(=O)(=O)Cc2ccc(F)c(Cl)c2)C1. The van der Waals surface area contributed by atoms with Crippen LogP contribution in [0, 0.1) is 11.7 Å². The highest BCUT2D eigenvalue weighted by Crippen LogP contribution is 2.23. The quantitative estimate of drug-likeness (QED) is 0.738. The summed E-state index contributed by atoms with van der Waals surface area (Å²) in [6.45, 7) is 1.23. The minimum atomic E-state index is -3.61. The molecule has 1 aromatic carbocycles. The molecule has 1 aliphatic heterocycles. The van der Waals surface area contributed by atoms with E-state index in [-0.39, 0.29) is 41.6 Å². The molecule has 1 atom stereocenters. The molecule has 0 spiro atoms. The Labute approximate surface area is 158 Å². The van der Waals surface area contributed by atoms with E-state index in [2.05, 4.69) is 5.32 Å². The molecule has 1 heterocycles. The van der Waals surface area contributed by atoms with Gasteiger partial charge in [-0.1, -0.05) is 17.7 Å². The van der Waals surface area contributed by atoms with Gasteiger partial charge in [0.25, 0.3) is 0 Å². The third-order valence-electron chi connectivity index (χ3n) is 3.92. The molecule has 0 aliphatic carbocycles. The van der Waals surface area contributed by atoms with E-state index in [1.54, 1.807) is 0 Å². The van der Waals surface area contributed by atoms with Gasteiger partial charge >= 0.3 is 0 Å². The Morgan fingerprint density at radius 2 is 2.16 bits per heavy atom. The number of hydrogen-bond donors (Lipinski definition) is 2. The molecule has 0 radical (unpaired) electrons. The van der Waals surface area contributed by atoms with Crippen molar-refractivity contribution in [3.63, 3.8) is 0 Å². The van der Waals surface area contributed by atoms with E-state index in [0.717, 1.165) is 6.07 Å². The summed E-state index contributed by atoms with van der Waals surface area (Å²) in [5, 5.41) is 2.58. The fraction of sp³-hybridized carbons (Fsp3) is 0.533. The first kappa shape index (κ1) is 22.1. The van der Waals surface area contributed by atoms with Gasteiger partial charge in [-0.15, -0.1) is 12.4 Å². The van der Waals surface area contributed by atoms with Gasteiger partial charge in [0, 0.05) is 26.2 Å². The van der Waals surface area contributed by atoms with Crippen LogP contribution in [0.4, 0.5) is 4.39 Å². The van der Waals surface area contributed by atoms with Crippen molar-refractivity contribution in [1.82, 2.24) is 9.62 Å². The number of nitrogens with zero attached hydrogens (tertiary/aromatic N) is 1. The number of carbonyl (C=O) groups is 1. The molecule has 3 N–H and O–H groups in total. The Morgan fingerprint density at radius 3 is 2.80 bits per heavy atom. The van der Waals surface area contributed by atoms with Crippen molar-refractivity contribution in [2.75, 3.05) is 26.2 Å². The Balaban J connectivity index is 0.00000312. The number of amides is 1. The number of rotatable bonds is 6. The molecule has 1 saturated heterocycles. The van der Waals surface area contributed by atoms with Crippen molar-refractivity contribution in [3.8, 4) is 0 Å². The predicted octanol–water partition coefficient (Wildman–Crippen LogP) is 1.52. The van der Waals surface area contributed by atoms with E-state index in [4.69, 9.17) is 17.3 Å². The summed E-state index contributed by atoms with van der Waals surface area (Å²) in [5.41, 5.74) is 5.77. The fourth-order valence-electron chi connectivity index (χ4n) is 2.68. The maximum absolute atomic E-state index is 13.2. The fourth-order valence-corrected chi connectivity index (χ4v) is 4.48. The van der Waals surface area contributed by atoms with Crippen LogP contribution in [0.2, 0.25) is 5.02 Å². The highest BCUT2D eigenvalue weighted by molar-refractivity contribution is 7.88. The number of carbonyl (C=O) groups excluding carboxylic acids is 1. The molecule has 1 fully saturated rings. The number of halogens is 3. The van der Waals surface area contributed by atoms with E-state index >= 15 is 0 Å². The molecule has 25 heavy (non-hydrogen) atoms. The molecule has 1 aromatic rings. The second-order valence-electron chi connectivity index (χ2n) is 5.78. The van der Waals surface area contributed by atoms with Crippen LogP contribution in [0.25, 0.3) is 0 Å². The monoisotopic (exact) mass is 413 g/mol. The summed E-state index contributed by atoms with van der Waals surface area (Å²) in [6.07, 6.45) is 1.26. The van der Waals surface area contributed by atoms with Gasteiger partial charge in [0.1, 0.15) is 5.82 Å². The zero-order chi connectivity index (χ0) is 17.7. The number of piperidine rings is 1. The molecule has 142 valence electrons. The first-order valence-electron chi connectivity index (χ1n) is 7.73. The highest BCUT2D eigenvalue weighted by atomic mass is 35.5. The van der Waals surface area contributed by atoms with Crippen LogP contribution in [0.5, 0.6) is 0 Å². The summed E-state index contributed by atoms with van der Waals surface area (Å²) in [6, 6.07) is 3.85. The average Bonchev–Trinajstić information content (AvgIpc) is 2.56. The third-order valence-corrected chi connectivity index (χ3v) is 6.03. The molecule has 6 nitrogen and oxygen atoms in total. The Hall–Kier alpha value is -0.930. The predicted molar refractivity (Wildman–Crippen MR) is 97.6 cm³/mol. The van der Waals surface area contributed by atoms with Crippen molar-refractivity contribution in [2.45, 2.75) is 18.6 Å². The summed E-state index contributed by atoms with van der Waals surface area (Å²) in [7, 11) is -3.61. The first-order chi connectivity index (χ1) is 11.3. The standard InChI is InChI=1S/C15H21ClFN3O3S.ClH/c16-13-8-11(3-4-14(13)17)10-24(22,23)20-7-1-2-12(9-20)15(21)19-6-5-18;/h3-4,8,12H,1-2,5-7,9-10,18H2,(H,19,21);1H. The number of sulfonamides is 1. The number of hydrogen-bond acceptors (Lipinski definition) is 4. The maximum atomic E-state index is 13.2. The number of benzene rings is 1. The van der Waals surface area contributed by atoms with Crippen molar-refractivity contribution >= 4 is 39.9 Å². The van der Waals surface area contributed by atoms with Crippen LogP contribution in [0.3, 0.4) is 0 Å². The van der Waals surface area contributed by atoms with Crippen LogP contribution in [0.15, 0.2) is 18.2 Å². The topological polar surface area (TPSA) is 92.5 Å². The van der Waals surface area contributed by atoms with Crippen molar-refractivity contribution in [2.24, 2.45) is 11.7 Å². The lowest BCUT2D eigenvalue weighted by molar-refractivity contribution is -0.126. The van der Waals surface area contributed by atoms with Crippen LogP contribution < -0.4 is 11.1 Å². The van der Waals surface area contributed by atoms with Gasteiger partial charge in [0.15, 0.2) is 0 Å². The minimum Gasteiger partial charge on any atom is -0.355 e. The van der Waals surface area contributed by atoms with Gasteiger partial charge in [-0.3, -0.25) is 4.79 Å². The molecule has 1 aliphatic rings. The third kappa shape index (κ3) is 6.07. The van der Waals surface area contributed by atoms with E-state index < -0.39 is 15.8 Å². The zero-order valence-corrected chi connectivity index (χ0v) is 16.0. The summed E-state index contributed by atoms with van der Waals surface area (Å²) in [5.74, 6) is -1.42. The molecular weight excluding hydrogens is 392 g/mol. The van der Waals surface area contributed by atoms with Gasteiger partial charge in [-0.2, -0.15) is 0 Å². The normalized spacial score (nSPS) is 18.4. The maximum Gasteiger partial charge on any atom is 0.224 e. The number of nitrogens with two attached hydrogens (primary N) is 1. The van der Waals surface area contributed by atoms with Crippen molar-refractivity contribution in [1.29, 1.82) is 0 Å². The summed E-state index contributed by atoms with van der Waals surface area (Å²) < 4.78 is 39.6. The molecule has 0 aromatic heterocycles. The molecule has 1 amide bonds. The van der Waals surface area contributed by atoms with Crippen molar-refractivity contribution < 1.29 is 17.6 Å². The first-order valence-corrected chi connectivity index (χ1v) is 9.71. The highest BCUT2D eigenvalue weighted by Gasteiger charge is 2.32. The lowest BCUT2D eigenvalue weighted by Crippen LogP contribution is -2.46. The largest absolute Gasteiger partial charge is 0.355 e. The molecule has 1 unspecified atom stereocenters. The smallest absolute Gasteiger partial charge is 0.224 e. The Kier molecular flexibility index (Phi) is 8.56.